The molecule has 0 spiro atoms. The fourth-order valence-electron chi connectivity index (χ4n) is 1.23. The van der Waals surface area contributed by atoms with E-state index in [0.29, 0.717) is 6.04 Å². The molecule has 0 aliphatic heterocycles. The van der Waals surface area contributed by atoms with E-state index in [9.17, 15) is 0 Å². The van der Waals surface area contributed by atoms with Crippen LogP contribution in [0.15, 0.2) is 18.5 Å². The van der Waals surface area contributed by atoms with Crippen LogP contribution >= 0.6 is 0 Å². The second-order valence-electron chi connectivity index (χ2n) is 3.30. The molecule has 1 atom stereocenters. The molecule has 0 fully saturated rings. The first-order valence-corrected chi connectivity index (χ1v) is 4.59. The van der Waals surface area contributed by atoms with Crippen molar-refractivity contribution in [2.45, 2.75) is 26.3 Å². The zero-order valence-corrected chi connectivity index (χ0v) is 8.49. The number of nitrogens with zero attached hydrogens (tertiary/aromatic N) is 2. The summed E-state index contributed by atoms with van der Waals surface area (Å²) in [6.07, 6.45) is 4.57. The Bertz CT molecular complexity index is 273. The lowest BCUT2D eigenvalue weighted by molar-refractivity contribution is 0.664. The van der Waals surface area contributed by atoms with Gasteiger partial charge in [-0.2, -0.15) is 0 Å². The zero-order chi connectivity index (χ0) is 9.84. The first kappa shape index (κ1) is 9.84. The summed E-state index contributed by atoms with van der Waals surface area (Å²) in [6.45, 7) is 4.35. The van der Waals surface area contributed by atoms with Gasteiger partial charge in [-0.15, -0.1) is 0 Å². The van der Waals surface area contributed by atoms with E-state index in [1.807, 2.05) is 6.07 Å². The Morgan fingerprint density at radius 2 is 2.31 bits per heavy atom. The van der Waals surface area contributed by atoms with Crippen LogP contribution in [0.25, 0.3) is 0 Å². The van der Waals surface area contributed by atoms with Crippen molar-refractivity contribution in [3.63, 3.8) is 0 Å². The molecule has 1 unspecified atom stereocenters. The van der Waals surface area contributed by atoms with Gasteiger partial charge in [0.2, 0.25) is 0 Å². The highest BCUT2D eigenvalue weighted by Crippen LogP contribution is 2.22. The summed E-state index contributed by atoms with van der Waals surface area (Å²) in [5, 5.41) is 0. The van der Waals surface area contributed by atoms with Gasteiger partial charge >= 0.3 is 0 Å². The van der Waals surface area contributed by atoms with Crippen molar-refractivity contribution < 1.29 is 0 Å². The maximum atomic E-state index is 5.81. The summed E-state index contributed by atoms with van der Waals surface area (Å²) in [7, 11) is 2.06. The van der Waals surface area contributed by atoms with E-state index < -0.39 is 0 Å². The minimum atomic E-state index is 0.504. The second-order valence-corrected chi connectivity index (χ2v) is 3.30. The van der Waals surface area contributed by atoms with Crippen molar-refractivity contribution in [2.24, 2.45) is 0 Å². The number of nitrogen functional groups attached to an aromatic ring is 1. The standard InChI is InChI=1S/C10H17N3/c1-4-8(2)13(3)10-5-6-12-7-9(10)11/h5-8H,4,11H2,1-3H3. The predicted octanol–water partition coefficient (Wildman–Crippen LogP) is 1.90. The molecule has 1 rings (SSSR count). The Hall–Kier alpha value is -1.25. The van der Waals surface area contributed by atoms with Crippen molar-refractivity contribution >= 4 is 11.4 Å². The van der Waals surface area contributed by atoms with Crippen LogP contribution in [-0.4, -0.2) is 18.1 Å². The molecule has 0 aromatic carbocycles. The Morgan fingerprint density at radius 3 is 2.85 bits per heavy atom. The van der Waals surface area contributed by atoms with E-state index in [1.54, 1.807) is 12.4 Å². The third-order valence-electron chi connectivity index (χ3n) is 2.46. The molecule has 13 heavy (non-hydrogen) atoms. The van der Waals surface area contributed by atoms with Gasteiger partial charge in [0.25, 0.3) is 0 Å². The van der Waals surface area contributed by atoms with Crippen LogP contribution in [0.5, 0.6) is 0 Å². The van der Waals surface area contributed by atoms with Crippen molar-refractivity contribution in [2.75, 3.05) is 17.7 Å². The third kappa shape index (κ3) is 2.11. The fourth-order valence-corrected chi connectivity index (χ4v) is 1.23. The van der Waals surface area contributed by atoms with Crippen molar-refractivity contribution in [3.05, 3.63) is 18.5 Å². The molecular formula is C10H17N3. The molecule has 0 aliphatic rings. The number of anilines is 2. The highest BCUT2D eigenvalue weighted by Gasteiger charge is 2.09. The molecule has 2 N–H and O–H groups in total. The molecular weight excluding hydrogens is 162 g/mol. The van der Waals surface area contributed by atoms with Gasteiger partial charge in [0.1, 0.15) is 0 Å². The lowest BCUT2D eigenvalue weighted by Crippen LogP contribution is -2.28. The summed E-state index contributed by atoms with van der Waals surface area (Å²) in [5.41, 5.74) is 7.61. The van der Waals surface area contributed by atoms with E-state index in [-0.39, 0.29) is 0 Å². The highest BCUT2D eigenvalue weighted by atomic mass is 15.1. The second kappa shape index (κ2) is 4.12. The summed E-state index contributed by atoms with van der Waals surface area (Å²) in [6, 6.07) is 2.45. The number of nitrogens with two attached hydrogens (primary N) is 1. The number of pyridine rings is 1. The van der Waals surface area contributed by atoms with Crippen LogP contribution in [0.2, 0.25) is 0 Å². The summed E-state index contributed by atoms with van der Waals surface area (Å²) >= 11 is 0. The topological polar surface area (TPSA) is 42.2 Å². The van der Waals surface area contributed by atoms with Crippen molar-refractivity contribution in [1.29, 1.82) is 0 Å². The molecule has 1 aromatic rings. The molecule has 0 radical (unpaired) electrons. The van der Waals surface area contributed by atoms with Gasteiger partial charge in [-0.25, -0.2) is 0 Å². The fraction of sp³-hybridized carbons (Fsp3) is 0.500. The SMILES string of the molecule is CCC(C)N(C)c1ccncc1N. The summed E-state index contributed by atoms with van der Waals surface area (Å²) < 4.78 is 0. The van der Waals surface area contributed by atoms with E-state index in [0.717, 1.165) is 17.8 Å². The van der Waals surface area contributed by atoms with Crippen LogP contribution in [0.4, 0.5) is 11.4 Å². The zero-order valence-electron chi connectivity index (χ0n) is 8.49. The maximum absolute atomic E-state index is 5.81. The lowest BCUT2D eigenvalue weighted by atomic mass is 10.2. The van der Waals surface area contributed by atoms with Gasteiger partial charge < -0.3 is 10.6 Å². The molecule has 0 saturated carbocycles. The molecule has 3 heteroatoms. The van der Waals surface area contributed by atoms with Crippen LogP contribution in [0, 0.1) is 0 Å². The van der Waals surface area contributed by atoms with Crippen LogP contribution < -0.4 is 10.6 Å². The van der Waals surface area contributed by atoms with Gasteiger partial charge in [-0.05, 0) is 19.4 Å². The number of rotatable bonds is 3. The van der Waals surface area contributed by atoms with E-state index >= 15 is 0 Å². The quantitative estimate of drug-likeness (QED) is 0.770. The van der Waals surface area contributed by atoms with Gasteiger partial charge in [-0.1, -0.05) is 6.92 Å². The molecule has 3 nitrogen and oxygen atoms in total. The largest absolute Gasteiger partial charge is 0.396 e. The van der Waals surface area contributed by atoms with Crippen LogP contribution in [0.3, 0.4) is 0 Å². The number of hydrogen-bond acceptors (Lipinski definition) is 3. The molecule has 0 saturated heterocycles. The predicted molar refractivity (Wildman–Crippen MR) is 56.8 cm³/mol. The summed E-state index contributed by atoms with van der Waals surface area (Å²) in [5.74, 6) is 0. The number of hydrogen-bond donors (Lipinski definition) is 1. The Kier molecular flexibility index (Phi) is 3.12. The Morgan fingerprint density at radius 1 is 1.62 bits per heavy atom. The van der Waals surface area contributed by atoms with Crippen LogP contribution in [0.1, 0.15) is 20.3 Å². The first-order valence-electron chi connectivity index (χ1n) is 4.59. The van der Waals surface area contributed by atoms with Gasteiger partial charge in [0.15, 0.2) is 0 Å². The third-order valence-corrected chi connectivity index (χ3v) is 2.46. The normalized spacial score (nSPS) is 12.5. The van der Waals surface area contributed by atoms with Gasteiger partial charge in [0.05, 0.1) is 17.6 Å². The molecule has 72 valence electrons. The van der Waals surface area contributed by atoms with E-state index in [1.165, 1.54) is 0 Å². The van der Waals surface area contributed by atoms with E-state index in [4.69, 9.17) is 5.73 Å². The molecule has 0 amide bonds. The minimum absolute atomic E-state index is 0.504. The van der Waals surface area contributed by atoms with Crippen molar-refractivity contribution in [1.82, 2.24) is 4.98 Å². The van der Waals surface area contributed by atoms with Crippen molar-refractivity contribution in [3.8, 4) is 0 Å². The average Bonchev–Trinajstić information content (AvgIpc) is 2.16. The highest BCUT2D eigenvalue weighted by molar-refractivity contribution is 5.65. The van der Waals surface area contributed by atoms with E-state index in [2.05, 4.69) is 30.8 Å². The molecule has 1 heterocycles. The Balaban J connectivity index is 2.88. The monoisotopic (exact) mass is 179 g/mol. The van der Waals surface area contributed by atoms with Gasteiger partial charge in [0, 0.05) is 19.3 Å². The molecule has 0 aliphatic carbocycles. The average molecular weight is 179 g/mol. The smallest absolute Gasteiger partial charge is 0.0738 e. The lowest BCUT2D eigenvalue weighted by Gasteiger charge is -2.26. The first-order chi connectivity index (χ1) is 6.16. The number of aromatic nitrogens is 1. The molecule has 0 bridgehead atoms. The van der Waals surface area contributed by atoms with Gasteiger partial charge in [-0.3, -0.25) is 4.98 Å². The summed E-state index contributed by atoms with van der Waals surface area (Å²) in [4.78, 5) is 6.14. The molecule has 1 aromatic heterocycles. The minimum Gasteiger partial charge on any atom is -0.396 e. The Labute approximate surface area is 79.6 Å². The maximum Gasteiger partial charge on any atom is 0.0738 e. The van der Waals surface area contributed by atoms with Crippen LogP contribution in [-0.2, 0) is 0 Å².